The molecule has 3 aromatic rings. The van der Waals surface area contributed by atoms with Crippen LogP contribution in [0, 0.1) is 5.82 Å². The van der Waals surface area contributed by atoms with Crippen LogP contribution < -0.4 is 5.32 Å². The highest BCUT2D eigenvalue weighted by Gasteiger charge is 2.20. The van der Waals surface area contributed by atoms with Crippen LogP contribution in [0.1, 0.15) is 23.2 Å². The second-order valence-electron chi connectivity index (χ2n) is 6.40. The molecule has 1 atom stereocenters. The summed E-state index contributed by atoms with van der Waals surface area (Å²) in [6.45, 7) is 1.21. The monoisotopic (exact) mass is 366 g/mol. The van der Waals surface area contributed by atoms with Crippen LogP contribution in [0.4, 0.5) is 4.39 Å². The van der Waals surface area contributed by atoms with E-state index >= 15 is 0 Å². The first-order valence-electron chi connectivity index (χ1n) is 8.92. The maximum absolute atomic E-state index is 14.0. The Morgan fingerprint density at radius 1 is 1.15 bits per heavy atom. The number of rotatable bonds is 5. The molecule has 1 N–H and O–H groups in total. The Hall–Kier alpha value is -2.99. The molecule has 4 rings (SSSR count). The van der Waals surface area contributed by atoms with Crippen molar-refractivity contribution in [2.45, 2.75) is 18.9 Å². The summed E-state index contributed by atoms with van der Waals surface area (Å²) in [5, 5.41) is 2.91. The van der Waals surface area contributed by atoms with Crippen LogP contribution in [0.15, 0.2) is 59.1 Å². The number of benzene rings is 2. The number of aromatic nitrogens is 1. The number of nitrogens with one attached hydrogen (secondary N) is 1. The molecule has 0 bridgehead atoms. The van der Waals surface area contributed by atoms with E-state index in [1.807, 2.05) is 0 Å². The standard InChI is InChI=1S/C21H19FN2O3/c22-18-10-4-3-9-17(18)19-13-24-21(27-19)16-8-2-1-7-15(16)20(25)23-12-14-6-5-11-26-14/h1-4,7-10,13-14H,5-6,11-12H2,(H,23,25). The van der Waals surface area contributed by atoms with Gasteiger partial charge in [-0.05, 0) is 37.1 Å². The smallest absolute Gasteiger partial charge is 0.252 e. The van der Waals surface area contributed by atoms with Crippen LogP contribution >= 0.6 is 0 Å². The molecule has 27 heavy (non-hydrogen) atoms. The molecular formula is C21H19FN2O3. The van der Waals surface area contributed by atoms with Gasteiger partial charge in [0.2, 0.25) is 5.89 Å². The largest absolute Gasteiger partial charge is 0.436 e. The normalized spacial score (nSPS) is 16.4. The van der Waals surface area contributed by atoms with Gasteiger partial charge in [-0.2, -0.15) is 0 Å². The number of carbonyl (C=O) groups is 1. The first-order valence-corrected chi connectivity index (χ1v) is 8.92. The van der Waals surface area contributed by atoms with Crippen LogP contribution in [-0.2, 0) is 4.74 Å². The predicted molar refractivity (Wildman–Crippen MR) is 98.6 cm³/mol. The van der Waals surface area contributed by atoms with E-state index in [1.54, 1.807) is 42.5 Å². The Kier molecular flexibility index (Phi) is 4.98. The van der Waals surface area contributed by atoms with Crippen molar-refractivity contribution < 1.29 is 18.3 Å². The topological polar surface area (TPSA) is 64.4 Å². The van der Waals surface area contributed by atoms with Crippen molar-refractivity contribution in [3.8, 4) is 22.8 Å². The van der Waals surface area contributed by atoms with Gasteiger partial charge >= 0.3 is 0 Å². The average Bonchev–Trinajstić information content (AvgIpc) is 3.38. The van der Waals surface area contributed by atoms with E-state index in [0.717, 1.165) is 19.4 Å². The molecule has 1 aliphatic heterocycles. The van der Waals surface area contributed by atoms with Crippen molar-refractivity contribution >= 4 is 5.91 Å². The fraction of sp³-hybridized carbons (Fsp3) is 0.238. The molecule has 1 aromatic heterocycles. The van der Waals surface area contributed by atoms with E-state index in [0.29, 0.717) is 29.0 Å². The molecule has 0 saturated carbocycles. The minimum atomic E-state index is -0.386. The minimum absolute atomic E-state index is 0.0653. The highest BCUT2D eigenvalue weighted by atomic mass is 19.1. The van der Waals surface area contributed by atoms with Crippen molar-refractivity contribution in [2.75, 3.05) is 13.2 Å². The summed E-state index contributed by atoms with van der Waals surface area (Å²) in [7, 11) is 0. The molecular weight excluding hydrogens is 347 g/mol. The number of nitrogens with zero attached hydrogens (tertiary/aromatic N) is 1. The molecule has 1 amide bonds. The van der Waals surface area contributed by atoms with Gasteiger partial charge in [-0.1, -0.05) is 24.3 Å². The summed E-state index contributed by atoms with van der Waals surface area (Å²) >= 11 is 0. The van der Waals surface area contributed by atoms with Gasteiger partial charge in [-0.15, -0.1) is 0 Å². The molecule has 0 radical (unpaired) electrons. The maximum atomic E-state index is 14.0. The third-order valence-corrected chi connectivity index (χ3v) is 4.56. The molecule has 0 aliphatic carbocycles. The maximum Gasteiger partial charge on any atom is 0.252 e. The molecule has 6 heteroatoms. The zero-order valence-corrected chi connectivity index (χ0v) is 14.7. The molecule has 2 heterocycles. The van der Waals surface area contributed by atoms with Crippen LogP contribution in [-0.4, -0.2) is 30.1 Å². The molecule has 5 nitrogen and oxygen atoms in total. The zero-order valence-electron chi connectivity index (χ0n) is 14.7. The summed E-state index contributed by atoms with van der Waals surface area (Å²) in [6.07, 6.45) is 3.50. The Labute approximate surface area is 156 Å². The highest BCUT2D eigenvalue weighted by molar-refractivity contribution is 6.00. The Morgan fingerprint density at radius 3 is 2.70 bits per heavy atom. The van der Waals surface area contributed by atoms with Gasteiger partial charge < -0.3 is 14.5 Å². The van der Waals surface area contributed by atoms with Crippen LogP contribution in [0.3, 0.4) is 0 Å². The number of oxazole rings is 1. The van der Waals surface area contributed by atoms with E-state index in [1.165, 1.54) is 12.3 Å². The van der Waals surface area contributed by atoms with Crippen molar-refractivity contribution in [1.29, 1.82) is 0 Å². The summed E-state index contributed by atoms with van der Waals surface area (Å²) in [4.78, 5) is 16.9. The van der Waals surface area contributed by atoms with E-state index in [9.17, 15) is 9.18 Å². The van der Waals surface area contributed by atoms with Crippen molar-refractivity contribution in [3.63, 3.8) is 0 Å². The number of halogens is 1. The van der Waals surface area contributed by atoms with Crippen molar-refractivity contribution in [3.05, 3.63) is 66.1 Å². The number of hydrogen-bond donors (Lipinski definition) is 1. The van der Waals surface area contributed by atoms with E-state index in [-0.39, 0.29) is 23.7 Å². The van der Waals surface area contributed by atoms with Gasteiger partial charge in [0.15, 0.2) is 5.76 Å². The second-order valence-corrected chi connectivity index (χ2v) is 6.40. The predicted octanol–water partition coefficient (Wildman–Crippen LogP) is 4.06. The lowest BCUT2D eigenvalue weighted by Crippen LogP contribution is -2.32. The van der Waals surface area contributed by atoms with E-state index in [4.69, 9.17) is 9.15 Å². The first-order chi connectivity index (χ1) is 13.2. The molecule has 1 fully saturated rings. The lowest BCUT2D eigenvalue weighted by atomic mass is 10.1. The second kappa shape index (κ2) is 7.72. The Bertz CT molecular complexity index is 948. The van der Waals surface area contributed by atoms with Gasteiger partial charge in [0.05, 0.1) is 23.4 Å². The molecule has 1 unspecified atom stereocenters. The van der Waals surface area contributed by atoms with Crippen LogP contribution in [0.2, 0.25) is 0 Å². The van der Waals surface area contributed by atoms with E-state index < -0.39 is 0 Å². The number of hydrogen-bond acceptors (Lipinski definition) is 4. The fourth-order valence-electron chi connectivity index (χ4n) is 3.16. The van der Waals surface area contributed by atoms with E-state index in [2.05, 4.69) is 10.3 Å². The molecule has 2 aromatic carbocycles. The molecule has 138 valence electrons. The Balaban J connectivity index is 1.58. The van der Waals surface area contributed by atoms with Gasteiger partial charge in [0.1, 0.15) is 5.82 Å². The third-order valence-electron chi connectivity index (χ3n) is 4.56. The van der Waals surface area contributed by atoms with Crippen LogP contribution in [0.25, 0.3) is 22.8 Å². The van der Waals surface area contributed by atoms with Gasteiger partial charge in [-0.25, -0.2) is 9.37 Å². The van der Waals surface area contributed by atoms with Gasteiger partial charge in [-0.3, -0.25) is 4.79 Å². The first kappa shape index (κ1) is 17.4. The summed E-state index contributed by atoms with van der Waals surface area (Å²) in [5.41, 5.74) is 1.35. The summed E-state index contributed by atoms with van der Waals surface area (Å²) in [6, 6.07) is 13.4. The van der Waals surface area contributed by atoms with Crippen LogP contribution in [0.5, 0.6) is 0 Å². The molecule has 0 spiro atoms. The Morgan fingerprint density at radius 2 is 1.93 bits per heavy atom. The molecule has 1 saturated heterocycles. The third kappa shape index (κ3) is 3.75. The van der Waals surface area contributed by atoms with Crippen molar-refractivity contribution in [2.24, 2.45) is 0 Å². The zero-order chi connectivity index (χ0) is 18.6. The van der Waals surface area contributed by atoms with Gasteiger partial charge in [0, 0.05) is 18.7 Å². The van der Waals surface area contributed by atoms with Gasteiger partial charge in [0.25, 0.3) is 5.91 Å². The van der Waals surface area contributed by atoms with Crippen molar-refractivity contribution in [1.82, 2.24) is 10.3 Å². The number of carbonyl (C=O) groups excluding carboxylic acids is 1. The minimum Gasteiger partial charge on any atom is -0.436 e. The SMILES string of the molecule is O=C(NCC1CCCO1)c1ccccc1-c1ncc(-c2ccccc2F)o1. The number of amides is 1. The molecule has 1 aliphatic rings. The highest BCUT2D eigenvalue weighted by Crippen LogP contribution is 2.29. The number of ether oxygens (including phenoxy) is 1. The summed E-state index contributed by atoms with van der Waals surface area (Å²) in [5.74, 6) is -0.0108. The quantitative estimate of drug-likeness (QED) is 0.740. The fourth-order valence-corrected chi connectivity index (χ4v) is 3.16. The lowest BCUT2D eigenvalue weighted by molar-refractivity contribution is 0.0858. The lowest BCUT2D eigenvalue weighted by Gasteiger charge is -2.12. The summed E-state index contributed by atoms with van der Waals surface area (Å²) < 4.78 is 25.3. The average molecular weight is 366 g/mol.